The summed E-state index contributed by atoms with van der Waals surface area (Å²) in [5.41, 5.74) is 5.08. The van der Waals surface area contributed by atoms with Crippen LogP contribution in [0, 0.1) is 5.92 Å². The van der Waals surface area contributed by atoms with Crippen molar-refractivity contribution in [2.24, 2.45) is 5.92 Å². The fourth-order valence-electron chi connectivity index (χ4n) is 6.39. The van der Waals surface area contributed by atoms with Gasteiger partial charge in [-0.1, -0.05) is 36.4 Å². The quantitative estimate of drug-likeness (QED) is 0.187. The molecule has 3 aromatic heterocycles. The van der Waals surface area contributed by atoms with E-state index in [1.54, 1.807) is 10.9 Å². The molecule has 7 rings (SSSR count). The standard InChI is InChI=1S/C37H38N6O2/c44-37-32-12-11-29(24-36(32)41-26-43(37)20-5-6-28-13-17-38-33-9-3-1-7-30(28)33)45-25-27-15-21-42(22-16-27)23-19-40-35-14-18-39-34-10-4-2-8-31(34)35/h1-4,7-14,17-18,24,26-27H,5-6,15-16,19-23,25H2,(H,39,40). The largest absolute Gasteiger partial charge is 0.493 e. The predicted octanol–water partition coefficient (Wildman–Crippen LogP) is 6.33. The number of benzene rings is 3. The highest BCUT2D eigenvalue weighted by atomic mass is 16.5. The Morgan fingerprint density at radius 3 is 2.38 bits per heavy atom. The van der Waals surface area contributed by atoms with Crippen LogP contribution >= 0.6 is 0 Å². The average Bonchev–Trinajstić information content (AvgIpc) is 3.09. The second-order valence-electron chi connectivity index (χ2n) is 11.9. The molecule has 4 heterocycles. The highest BCUT2D eigenvalue weighted by Crippen LogP contribution is 2.23. The lowest BCUT2D eigenvalue weighted by molar-refractivity contribution is 0.145. The number of aromatic nitrogens is 4. The van der Waals surface area contributed by atoms with Gasteiger partial charge < -0.3 is 15.0 Å². The highest BCUT2D eigenvalue weighted by molar-refractivity contribution is 5.90. The van der Waals surface area contributed by atoms with Crippen molar-refractivity contribution >= 4 is 38.4 Å². The topological polar surface area (TPSA) is 85.2 Å². The Morgan fingerprint density at radius 2 is 1.53 bits per heavy atom. The lowest BCUT2D eigenvalue weighted by Crippen LogP contribution is -2.38. The van der Waals surface area contributed by atoms with Crippen LogP contribution in [0.25, 0.3) is 32.7 Å². The molecule has 0 saturated carbocycles. The van der Waals surface area contributed by atoms with E-state index in [0.717, 1.165) is 79.7 Å². The van der Waals surface area contributed by atoms with E-state index < -0.39 is 0 Å². The van der Waals surface area contributed by atoms with Crippen LogP contribution in [0.5, 0.6) is 5.75 Å². The normalized spacial score (nSPS) is 14.3. The van der Waals surface area contributed by atoms with Crippen molar-refractivity contribution in [2.75, 3.05) is 38.1 Å². The van der Waals surface area contributed by atoms with E-state index in [0.29, 0.717) is 30.0 Å². The number of rotatable bonds is 11. The zero-order valence-electron chi connectivity index (χ0n) is 25.4. The van der Waals surface area contributed by atoms with Crippen molar-refractivity contribution in [2.45, 2.75) is 32.2 Å². The number of anilines is 1. The van der Waals surface area contributed by atoms with Gasteiger partial charge in [-0.05, 0) is 86.7 Å². The zero-order chi connectivity index (χ0) is 30.4. The number of nitrogens with zero attached hydrogens (tertiary/aromatic N) is 5. The number of para-hydroxylation sites is 2. The van der Waals surface area contributed by atoms with Gasteiger partial charge in [-0.25, -0.2) is 4.98 Å². The molecule has 3 aromatic carbocycles. The smallest absolute Gasteiger partial charge is 0.261 e. The van der Waals surface area contributed by atoms with E-state index in [1.807, 2.05) is 60.9 Å². The molecule has 0 atom stereocenters. The molecule has 0 aliphatic carbocycles. The molecule has 1 fully saturated rings. The highest BCUT2D eigenvalue weighted by Gasteiger charge is 2.20. The monoisotopic (exact) mass is 598 g/mol. The predicted molar refractivity (Wildman–Crippen MR) is 181 cm³/mol. The van der Waals surface area contributed by atoms with Crippen molar-refractivity contribution in [3.8, 4) is 5.75 Å². The number of likely N-dealkylation sites (tertiary alicyclic amines) is 1. The summed E-state index contributed by atoms with van der Waals surface area (Å²) < 4.78 is 7.91. The Bertz CT molecular complexity index is 1970. The van der Waals surface area contributed by atoms with E-state index in [4.69, 9.17) is 4.74 Å². The molecule has 228 valence electrons. The number of pyridine rings is 2. The molecule has 6 aromatic rings. The lowest BCUT2D eigenvalue weighted by atomic mass is 9.98. The number of fused-ring (bicyclic) bond motifs is 3. The first kappa shape index (κ1) is 28.9. The van der Waals surface area contributed by atoms with Gasteiger partial charge in [-0.15, -0.1) is 0 Å². The van der Waals surface area contributed by atoms with Crippen LogP contribution in [0.15, 0.2) is 102 Å². The van der Waals surface area contributed by atoms with E-state index in [-0.39, 0.29) is 5.56 Å². The molecule has 8 heteroatoms. The van der Waals surface area contributed by atoms with Gasteiger partial charge >= 0.3 is 0 Å². The number of ether oxygens (including phenoxy) is 1. The summed E-state index contributed by atoms with van der Waals surface area (Å²) in [5.74, 6) is 1.29. The van der Waals surface area contributed by atoms with E-state index >= 15 is 0 Å². The third-order valence-electron chi connectivity index (χ3n) is 8.97. The fraction of sp³-hybridized carbons (Fsp3) is 0.297. The number of nitrogens with one attached hydrogen (secondary N) is 1. The van der Waals surface area contributed by atoms with Gasteiger partial charge in [0.2, 0.25) is 0 Å². The van der Waals surface area contributed by atoms with Crippen molar-refractivity contribution in [3.05, 3.63) is 114 Å². The maximum Gasteiger partial charge on any atom is 0.261 e. The Hall–Kier alpha value is -4.82. The summed E-state index contributed by atoms with van der Waals surface area (Å²) in [6.07, 6.45) is 9.34. The summed E-state index contributed by atoms with van der Waals surface area (Å²) in [5, 5.41) is 6.56. The molecule has 45 heavy (non-hydrogen) atoms. The summed E-state index contributed by atoms with van der Waals surface area (Å²) in [4.78, 5) is 29.2. The van der Waals surface area contributed by atoms with Crippen molar-refractivity contribution < 1.29 is 4.74 Å². The number of aryl methyl sites for hydroxylation is 2. The molecular weight excluding hydrogens is 560 g/mol. The third kappa shape index (κ3) is 6.66. The zero-order valence-corrected chi connectivity index (χ0v) is 25.4. The maximum atomic E-state index is 13.2. The minimum atomic E-state index is -0.00915. The van der Waals surface area contributed by atoms with Crippen molar-refractivity contribution in [1.82, 2.24) is 24.4 Å². The number of hydrogen-bond donors (Lipinski definition) is 1. The Morgan fingerprint density at radius 1 is 0.778 bits per heavy atom. The molecule has 0 bridgehead atoms. The van der Waals surface area contributed by atoms with Crippen LogP contribution in [-0.4, -0.2) is 57.2 Å². The SMILES string of the molecule is O=c1c2ccc(OCC3CCN(CCNc4ccnc5ccccc45)CC3)cc2ncn1CCCc1ccnc2ccccc12. The molecule has 1 N–H and O–H groups in total. The molecule has 8 nitrogen and oxygen atoms in total. The summed E-state index contributed by atoms with van der Waals surface area (Å²) in [6, 6.07) is 26.2. The van der Waals surface area contributed by atoms with Gasteiger partial charge in [0.1, 0.15) is 5.75 Å². The first-order chi connectivity index (χ1) is 22.2. The molecule has 1 saturated heterocycles. The minimum Gasteiger partial charge on any atom is -0.493 e. The van der Waals surface area contributed by atoms with E-state index in [2.05, 4.69) is 55.5 Å². The summed E-state index contributed by atoms with van der Waals surface area (Å²) in [7, 11) is 0. The Labute approximate surface area is 262 Å². The van der Waals surface area contributed by atoms with Crippen molar-refractivity contribution in [1.29, 1.82) is 0 Å². The third-order valence-corrected chi connectivity index (χ3v) is 8.97. The molecule has 0 spiro atoms. The lowest BCUT2D eigenvalue weighted by Gasteiger charge is -2.32. The Balaban J connectivity index is 0.875. The minimum absolute atomic E-state index is 0.00915. The first-order valence-corrected chi connectivity index (χ1v) is 16.0. The molecule has 1 aliphatic heterocycles. The average molecular weight is 599 g/mol. The number of piperidine rings is 1. The van der Waals surface area contributed by atoms with Crippen LogP contribution in [0.4, 0.5) is 5.69 Å². The van der Waals surface area contributed by atoms with Crippen LogP contribution in [-0.2, 0) is 13.0 Å². The maximum absolute atomic E-state index is 13.2. The molecular formula is C37H38N6O2. The molecule has 1 aliphatic rings. The van der Waals surface area contributed by atoms with Gasteiger partial charge in [0.05, 0.1) is 34.9 Å². The van der Waals surface area contributed by atoms with E-state index in [9.17, 15) is 4.79 Å². The van der Waals surface area contributed by atoms with Gasteiger partial charge in [-0.2, -0.15) is 0 Å². The van der Waals surface area contributed by atoms with Crippen LogP contribution in [0.1, 0.15) is 24.8 Å². The fourth-order valence-corrected chi connectivity index (χ4v) is 6.39. The van der Waals surface area contributed by atoms with Crippen LogP contribution < -0.4 is 15.6 Å². The van der Waals surface area contributed by atoms with Crippen molar-refractivity contribution in [3.63, 3.8) is 0 Å². The second kappa shape index (κ2) is 13.4. The first-order valence-electron chi connectivity index (χ1n) is 16.0. The van der Waals surface area contributed by atoms with Gasteiger partial charge in [0.25, 0.3) is 5.56 Å². The van der Waals surface area contributed by atoms with Crippen LogP contribution in [0.2, 0.25) is 0 Å². The number of hydrogen-bond acceptors (Lipinski definition) is 7. The van der Waals surface area contributed by atoms with Crippen LogP contribution in [0.3, 0.4) is 0 Å². The molecule has 0 radical (unpaired) electrons. The molecule has 0 amide bonds. The summed E-state index contributed by atoms with van der Waals surface area (Å²) >= 11 is 0. The molecule has 0 unspecified atom stereocenters. The van der Waals surface area contributed by atoms with Gasteiger partial charge in [0.15, 0.2) is 0 Å². The van der Waals surface area contributed by atoms with Gasteiger partial charge in [-0.3, -0.25) is 19.3 Å². The second-order valence-corrected chi connectivity index (χ2v) is 11.9. The summed E-state index contributed by atoms with van der Waals surface area (Å²) in [6.45, 7) is 5.36. The van der Waals surface area contributed by atoms with E-state index in [1.165, 1.54) is 10.9 Å². The Kier molecular flexibility index (Phi) is 8.64. The van der Waals surface area contributed by atoms with Gasteiger partial charge in [0, 0.05) is 54.6 Å².